The molecule has 2 heterocycles. The summed E-state index contributed by atoms with van der Waals surface area (Å²) in [6.07, 6.45) is 1.73. The van der Waals surface area contributed by atoms with E-state index in [-0.39, 0.29) is 10.8 Å². The SMILES string of the molecule is COc1ccc(S(=O)(=O)Nc2ccc3c(c2)N(C(=O)c2cccs2)CCC3)cc1. The fourth-order valence-corrected chi connectivity index (χ4v) is 5.07. The standard InChI is InChI=1S/C21H20N2O4S2/c1-27-17-8-10-18(11-9-17)29(25,26)22-16-7-6-15-4-2-12-23(19(15)14-16)21(24)20-5-3-13-28-20/h3,5-11,13-14,22H,2,4,12H2,1H3. The van der Waals surface area contributed by atoms with Crippen LogP contribution in [-0.2, 0) is 16.4 Å². The number of ether oxygens (including phenoxy) is 1. The molecule has 1 amide bonds. The topological polar surface area (TPSA) is 75.7 Å². The average molecular weight is 429 g/mol. The summed E-state index contributed by atoms with van der Waals surface area (Å²) >= 11 is 1.40. The summed E-state index contributed by atoms with van der Waals surface area (Å²) in [6.45, 7) is 0.610. The summed E-state index contributed by atoms with van der Waals surface area (Å²) in [5.74, 6) is 0.525. The molecule has 1 N–H and O–H groups in total. The fourth-order valence-electron chi connectivity index (χ4n) is 3.35. The van der Waals surface area contributed by atoms with Crippen LogP contribution in [0, 0.1) is 0 Å². The fraction of sp³-hybridized carbons (Fsp3) is 0.190. The molecule has 150 valence electrons. The molecule has 2 aromatic carbocycles. The Morgan fingerprint density at radius 2 is 1.93 bits per heavy atom. The number of nitrogens with one attached hydrogen (secondary N) is 1. The molecule has 1 aromatic heterocycles. The Balaban J connectivity index is 1.63. The number of methoxy groups -OCH3 is 1. The van der Waals surface area contributed by atoms with Gasteiger partial charge in [-0.1, -0.05) is 12.1 Å². The Morgan fingerprint density at radius 3 is 2.62 bits per heavy atom. The van der Waals surface area contributed by atoms with Gasteiger partial charge in [-0.15, -0.1) is 11.3 Å². The number of hydrogen-bond donors (Lipinski definition) is 1. The number of anilines is 2. The molecular weight excluding hydrogens is 408 g/mol. The molecule has 0 aliphatic carbocycles. The van der Waals surface area contributed by atoms with Gasteiger partial charge >= 0.3 is 0 Å². The van der Waals surface area contributed by atoms with Crippen molar-refractivity contribution in [2.45, 2.75) is 17.7 Å². The maximum Gasteiger partial charge on any atom is 0.268 e. The molecule has 0 atom stereocenters. The summed E-state index contributed by atoms with van der Waals surface area (Å²) in [5.41, 5.74) is 2.21. The molecule has 0 bridgehead atoms. The highest BCUT2D eigenvalue weighted by molar-refractivity contribution is 7.92. The molecule has 0 unspecified atom stereocenters. The predicted molar refractivity (Wildman–Crippen MR) is 115 cm³/mol. The Labute approximate surface area is 173 Å². The number of hydrogen-bond acceptors (Lipinski definition) is 5. The van der Waals surface area contributed by atoms with Crippen molar-refractivity contribution in [2.75, 3.05) is 23.3 Å². The highest BCUT2D eigenvalue weighted by Crippen LogP contribution is 2.32. The highest BCUT2D eigenvalue weighted by atomic mass is 32.2. The van der Waals surface area contributed by atoms with Crippen LogP contribution in [0.1, 0.15) is 21.7 Å². The molecule has 0 saturated heterocycles. The predicted octanol–water partition coefficient (Wildman–Crippen LogP) is 4.15. The maximum absolute atomic E-state index is 12.9. The second-order valence-corrected chi connectivity index (χ2v) is 9.29. The van der Waals surface area contributed by atoms with Crippen LogP contribution in [0.3, 0.4) is 0 Å². The molecule has 0 saturated carbocycles. The summed E-state index contributed by atoms with van der Waals surface area (Å²) in [6, 6.07) is 15.2. The smallest absolute Gasteiger partial charge is 0.268 e. The van der Waals surface area contributed by atoms with E-state index in [9.17, 15) is 13.2 Å². The van der Waals surface area contributed by atoms with E-state index in [1.54, 1.807) is 35.2 Å². The van der Waals surface area contributed by atoms with Crippen LogP contribution < -0.4 is 14.4 Å². The molecule has 8 heteroatoms. The van der Waals surface area contributed by atoms with Crippen LogP contribution in [0.15, 0.2) is 64.9 Å². The van der Waals surface area contributed by atoms with Gasteiger partial charge in [0.05, 0.1) is 22.6 Å². The van der Waals surface area contributed by atoms with Gasteiger partial charge in [0, 0.05) is 12.2 Å². The van der Waals surface area contributed by atoms with E-state index in [0.717, 1.165) is 24.1 Å². The number of fused-ring (bicyclic) bond motifs is 1. The van der Waals surface area contributed by atoms with Crippen molar-refractivity contribution < 1.29 is 17.9 Å². The van der Waals surface area contributed by atoms with E-state index in [2.05, 4.69) is 4.72 Å². The number of sulfonamides is 1. The minimum atomic E-state index is -3.75. The number of aryl methyl sites for hydroxylation is 1. The van der Waals surface area contributed by atoms with Crippen molar-refractivity contribution in [3.63, 3.8) is 0 Å². The number of nitrogens with zero attached hydrogens (tertiary/aromatic N) is 1. The van der Waals surface area contributed by atoms with Crippen molar-refractivity contribution in [3.8, 4) is 5.75 Å². The van der Waals surface area contributed by atoms with Gasteiger partial charge in [0.15, 0.2) is 0 Å². The van der Waals surface area contributed by atoms with Crippen molar-refractivity contribution >= 4 is 38.6 Å². The monoisotopic (exact) mass is 428 g/mol. The van der Waals surface area contributed by atoms with E-state index in [1.165, 1.54) is 30.6 Å². The summed E-state index contributed by atoms with van der Waals surface area (Å²) in [7, 11) is -2.23. The number of benzene rings is 2. The Morgan fingerprint density at radius 1 is 1.14 bits per heavy atom. The lowest BCUT2D eigenvalue weighted by Gasteiger charge is -2.29. The number of rotatable bonds is 5. The minimum absolute atomic E-state index is 0.0592. The second kappa shape index (κ2) is 7.88. The van der Waals surface area contributed by atoms with Crippen LogP contribution in [0.5, 0.6) is 5.75 Å². The van der Waals surface area contributed by atoms with Gasteiger partial charge in [-0.2, -0.15) is 0 Å². The lowest BCUT2D eigenvalue weighted by atomic mass is 10.0. The normalized spacial score (nSPS) is 13.6. The zero-order chi connectivity index (χ0) is 20.4. The molecule has 1 aliphatic heterocycles. The first-order valence-corrected chi connectivity index (χ1v) is 11.5. The number of thiophene rings is 1. The van der Waals surface area contributed by atoms with Crippen molar-refractivity contribution in [1.29, 1.82) is 0 Å². The second-order valence-electron chi connectivity index (χ2n) is 6.66. The number of carbonyl (C=O) groups excluding carboxylic acids is 1. The van der Waals surface area contributed by atoms with E-state index < -0.39 is 10.0 Å². The van der Waals surface area contributed by atoms with Crippen molar-refractivity contribution in [1.82, 2.24) is 0 Å². The van der Waals surface area contributed by atoms with Gasteiger partial charge in [0.25, 0.3) is 15.9 Å². The van der Waals surface area contributed by atoms with Crippen LogP contribution in [0.4, 0.5) is 11.4 Å². The lowest BCUT2D eigenvalue weighted by molar-refractivity contribution is 0.0989. The first-order valence-electron chi connectivity index (χ1n) is 9.13. The lowest BCUT2D eigenvalue weighted by Crippen LogP contribution is -2.35. The number of amides is 1. The molecular formula is C21H20N2O4S2. The Hall–Kier alpha value is -2.84. The number of carbonyl (C=O) groups is 1. The largest absolute Gasteiger partial charge is 0.497 e. The Bertz CT molecular complexity index is 1120. The first-order chi connectivity index (χ1) is 14.0. The molecule has 6 nitrogen and oxygen atoms in total. The van der Waals surface area contributed by atoms with Crippen molar-refractivity contribution in [2.24, 2.45) is 0 Å². The summed E-state index contributed by atoms with van der Waals surface area (Å²) < 4.78 is 33.2. The minimum Gasteiger partial charge on any atom is -0.497 e. The first kappa shape index (κ1) is 19.5. The summed E-state index contributed by atoms with van der Waals surface area (Å²) in [4.78, 5) is 15.4. The van der Waals surface area contributed by atoms with Gasteiger partial charge < -0.3 is 9.64 Å². The molecule has 0 fully saturated rings. The zero-order valence-electron chi connectivity index (χ0n) is 15.8. The van der Waals surface area contributed by atoms with Gasteiger partial charge in [-0.3, -0.25) is 9.52 Å². The summed E-state index contributed by atoms with van der Waals surface area (Å²) in [5, 5.41) is 1.87. The molecule has 1 aliphatic rings. The van der Waals surface area contributed by atoms with Gasteiger partial charge in [0.2, 0.25) is 0 Å². The quantitative estimate of drug-likeness (QED) is 0.662. The third-order valence-electron chi connectivity index (χ3n) is 4.80. The van der Waals surface area contributed by atoms with E-state index >= 15 is 0 Å². The maximum atomic E-state index is 12.9. The van der Waals surface area contributed by atoms with Gasteiger partial charge in [0.1, 0.15) is 5.75 Å². The molecule has 29 heavy (non-hydrogen) atoms. The third-order valence-corrected chi connectivity index (χ3v) is 7.06. The highest BCUT2D eigenvalue weighted by Gasteiger charge is 2.25. The van der Waals surface area contributed by atoms with E-state index in [1.807, 2.05) is 17.5 Å². The van der Waals surface area contributed by atoms with E-state index in [0.29, 0.717) is 22.9 Å². The van der Waals surface area contributed by atoms with E-state index in [4.69, 9.17) is 4.74 Å². The van der Waals surface area contributed by atoms with Crippen LogP contribution >= 0.6 is 11.3 Å². The molecule has 4 rings (SSSR count). The molecule has 0 spiro atoms. The molecule has 0 radical (unpaired) electrons. The van der Waals surface area contributed by atoms with Crippen LogP contribution in [0.2, 0.25) is 0 Å². The van der Waals surface area contributed by atoms with Gasteiger partial charge in [-0.05, 0) is 66.2 Å². The van der Waals surface area contributed by atoms with Crippen LogP contribution in [0.25, 0.3) is 0 Å². The van der Waals surface area contributed by atoms with Gasteiger partial charge in [-0.25, -0.2) is 8.42 Å². The molecule has 3 aromatic rings. The third kappa shape index (κ3) is 3.99. The average Bonchev–Trinajstić information content (AvgIpc) is 3.27. The zero-order valence-corrected chi connectivity index (χ0v) is 17.4. The Kier molecular flexibility index (Phi) is 5.29. The van der Waals surface area contributed by atoms with Crippen molar-refractivity contribution in [3.05, 3.63) is 70.4 Å². The van der Waals surface area contributed by atoms with Crippen LogP contribution in [-0.4, -0.2) is 28.0 Å².